The van der Waals surface area contributed by atoms with Crippen LogP contribution in [0.15, 0.2) is 132 Å². The summed E-state index contributed by atoms with van der Waals surface area (Å²) in [6, 6.07) is 45.7. The number of para-hydroxylation sites is 2. The van der Waals surface area contributed by atoms with Gasteiger partial charge in [0.15, 0.2) is 0 Å². The van der Waals surface area contributed by atoms with Crippen LogP contribution in [0.1, 0.15) is 25.0 Å². The van der Waals surface area contributed by atoms with E-state index in [2.05, 4.69) is 134 Å². The van der Waals surface area contributed by atoms with Crippen molar-refractivity contribution in [1.29, 1.82) is 0 Å². The lowest BCUT2D eigenvalue weighted by Crippen LogP contribution is -2.16. The molecule has 0 radical (unpaired) electrons. The number of anilines is 3. The fraction of sp³-hybridized carbons (Fsp3) is 0.0811. The Bertz CT molecular complexity index is 2050. The monoisotopic (exact) mass is 501 g/mol. The van der Waals surface area contributed by atoms with E-state index in [0.717, 1.165) is 27.9 Å². The average Bonchev–Trinajstić information content (AvgIpc) is 3.47. The van der Waals surface area contributed by atoms with E-state index < -0.39 is 0 Å². The third-order valence-corrected chi connectivity index (χ3v) is 8.44. The van der Waals surface area contributed by atoms with Crippen molar-refractivity contribution in [3.05, 3.63) is 139 Å². The molecule has 2 heteroatoms. The molecule has 8 rings (SSSR count). The van der Waals surface area contributed by atoms with Crippen molar-refractivity contribution in [3.63, 3.8) is 0 Å². The smallest absolute Gasteiger partial charge is 0.136 e. The van der Waals surface area contributed by atoms with Crippen LogP contribution in [-0.2, 0) is 5.41 Å². The second kappa shape index (κ2) is 8.09. The van der Waals surface area contributed by atoms with Crippen LogP contribution in [0.3, 0.4) is 0 Å². The van der Waals surface area contributed by atoms with Crippen LogP contribution in [0.5, 0.6) is 0 Å². The maximum Gasteiger partial charge on any atom is 0.136 e. The van der Waals surface area contributed by atoms with Gasteiger partial charge in [0.05, 0.1) is 5.69 Å². The van der Waals surface area contributed by atoms with Gasteiger partial charge in [-0.1, -0.05) is 98.8 Å². The molecule has 0 aliphatic heterocycles. The molecule has 0 N–H and O–H groups in total. The molecule has 1 aromatic heterocycles. The summed E-state index contributed by atoms with van der Waals surface area (Å²) >= 11 is 0. The quantitative estimate of drug-likeness (QED) is 0.239. The zero-order valence-corrected chi connectivity index (χ0v) is 22.0. The maximum absolute atomic E-state index is 6.24. The number of hydrogen-bond donors (Lipinski definition) is 0. The van der Waals surface area contributed by atoms with Gasteiger partial charge in [0.1, 0.15) is 11.2 Å². The topological polar surface area (TPSA) is 16.4 Å². The first-order valence-corrected chi connectivity index (χ1v) is 13.5. The number of benzene rings is 6. The van der Waals surface area contributed by atoms with Gasteiger partial charge in [-0.15, -0.1) is 0 Å². The van der Waals surface area contributed by atoms with Gasteiger partial charge in [-0.3, -0.25) is 0 Å². The summed E-state index contributed by atoms with van der Waals surface area (Å²) in [7, 11) is 0. The van der Waals surface area contributed by atoms with Gasteiger partial charge in [0.2, 0.25) is 0 Å². The first kappa shape index (κ1) is 22.2. The second-order valence-corrected chi connectivity index (χ2v) is 11.0. The summed E-state index contributed by atoms with van der Waals surface area (Å²) < 4.78 is 6.24. The Morgan fingerprint density at radius 2 is 1.31 bits per heavy atom. The lowest BCUT2D eigenvalue weighted by atomic mass is 9.82. The van der Waals surface area contributed by atoms with Crippen LogP contribution < -0.4 is 4.90 Å². The molecular formula is C37H27NO. The molecule has 0 saturated carbocycles. The number of nitrogens with zero attached hydrogens (tertiary/aromatic N) is 1. The van der Waals surface area contributed by atoms with Crippen molar-refractivity contribution in [3.8, 4) is 11.1 Å². The fourth-order valence-corrected chi connectivity index (χ4v) is 6.60. The van der Waals surface area contributed by atoms with E-state index in [-0.39, 0.29) is 5.41 Å². The Balaban J connectivity index is 1.44. The number of rotatable bonds is 3. The molecule has 39 heavy (non-hydrogen) atoms. The largest absolute Gasteiger partial charge is 0.456 e. The molecule has 0 amide bonds. The van der Waals surface area contributed by atoms with E-state index in [4.69, 9.17) is 4.42 Å². The molecule has 0 saturated heterocycles. The van der Waals surface area contributed by atoms with E-state index in [0.29, 0.717) is 0 Å². The van der Waals surface area contributed by atoms with Crippen molar-refractivity contribution < 1.29 is 4.42 Å². The van der Waals surface area contributed by atoms with Crippen molar-refractivity contribution >= 4 is 49.8 Å². The summed E-state index contributed by atoms with van der Waals surface area (Å²) in [4.78, 5) is 2.41. The molecule has 0 spiro atoms. The summed E-state index contributed by atoms with van der Waals surface area (Å²) in [6.45, 7) is 4.68. The van der Waals surface area contributed by atoms with Crippen molar-refractivity contribution in [2.75, 3.05) is 4.90 Å². The molecule has 2 nitrogen and oxygen atoms in total. The number of furan rings is 1. The van der Waals surface area contributed by atoms with E-state index >= 15 is 0 Å². The number of fused-ring (bicyclic) bond motifs is 8. The van der Waals surface area contributed by atoms with E-state index in [1.165, 1.54) is 44.1 Å². The Hall–Kier alpha value is -4.82. The first-order valence-electron chi connectivity index (χ1n) is 13.5. The average molecular weight is 502 g/mol. The summed E-state index contributed by atoms with van der Waals surface area (Å²) in [5.41, 5.74) is 10.6. The molecule has 1 heterocycles. The number of hydrogen-bond acceptors (Lipinski definition) is 2. The van der Waals surface area contributed by atoms with Gasteiger partial charge in [0, 0.05) is 33.1 Å². The summed E-state index contributed by atoms with van der Waals surface area (Å²) in [5.74, 6) is 0. The molecule has 186 valence electrons. The Kier molecular flexibility index (Phi) is 4.60. The minimum atomic E-state index is -0.0600. The van der Waals surface area contributed by atoms with Gasteiger partial charge >= 0.3 is 0 Å². The van der Waals surface area contributed by atoms with E-state index in [9.17, 15) is 0 Å². The van der Waals surface area contributed by atoms with Crippen LogP contribution in [-0.4, -0.2) is 0 Å². The Morgan fingerprint density at radius 3 is 2.21 bits per heavy atom. The highest BCUT2D eigenvalue weighted by Gasteiger charge is 2.37. The van der Waals surface area contributed by atoms with Gasteiger partial charge in [-0.05, 0) is 69.9 Å². The molecule has 6 aromatic carbocycles. The van der Waals surface area contributed by atoms with Gasteiger partial charge in [-0.25, -0.2) is 0 Å². The Morgan fingerprint density at radius 1 is 0.564 bits per heavy atom. The van der Waals surface area contributed by atoms with Crippen LogP contribution in [0.2, 0.25) is 0 Å². The summed E-state index contributed by atoms with van der Waals surface area (Å²) in [6.07, 6.45) is 0. The van der Waals surface area contributed by atoms with Crippen LogP contribution >= 0.6 is 0 Å². The van der Waals surface area contributed by atoms with E-state index in [1.807, 2.05) is 12.1 Å². The van der Waals surface area contributed by atoms with E-state index in [1.54, 1.807) is 0 Å². The van der Waals surface area contributed by atoms with Gasteiger partial charge in [-0.2, -0.15) is 0 Å². The zero-order chi connectivity index (χ0) is 26.1. The fourth-order valence-electron chi connectivity index (χ4n) is 6.60. The lowest BCUT2D eigenvalue weighted by molar-refractivity contribution is 0.660. The normalized spacial score (nSPS) is 13.6. The zero-order valence-electron chi connectivity index (χ0n) is 22.0. The van der Waals surface area contributed by atoms with Gasteiger partial charge < -0.3 is 9.32 Å². The molecule has 0 unspecified atom stereocenters. The van der Waals surface area contributed by atoms with Crippen molar-refractivity contribution in [2.24, 2.45) is 0 Å². The minimum Gasteiger partial charge on any atom is -0.456 e. The maximum atomic E-state index is 6.24. The summed E-state index contributed by atoms with van der Waals surface area (Å²) in [5, 5.41) is 4.72. The first-order chi connectivity index (χ1) is 19.1. The Labute approximate surface area is 227 Å². The van der Waals surface area contributed by atoms with Crippen LogP contribution in [0, 0.1) is 0 Å². The molecular weight excluding hydrogens is 474 g/mol. The molecule has 7 aromatic rings. The molecule has 1 aliphatic carbocycles. The molecule has 0 atom stereocenters. The standard InChI is InChI=1S/C37H27NO/c1-37(2)30-15-8-6-13-27(30)36-31(37)16-10-17-32(36)38(25-11-4-3-5-12-25)26-21-19-24-20-22-34-35(29(24)23-26)28-14-7-9-18-33(28)39-34/h3-23H,1-2H3. The minimum absolute atomic E-state index is 0.0600. The SMILES string of the molecule is CC1(C)c2ccccc2-c2c(N(c3ccccc3)c3ccc4ccc5oc6ccccc6c5c4c3)cccc21. The third-order valence-electron chi connectivity index (χ3n) is 8.44. The molecule has 0 fully saturated rings. The molecule has 1 aliphatic rings. The van der Waals surface area contributed by atoms with Crippen molar-refractivity contribution in [1.82, 2.24) is 0 Å². The predicted molar refractivity (Wildman–Crippen MR) is 163 cm³/mol. The second-order valence-electron chi connectivity index (χ2n) is 11.0. The highest BCUT2D eigenvalue weighted by Crippen LogP contribution is 2.54. The highest BCUT2D eigenvalue weighted by molar-refractivity contribution is 6.19. The van der Waals surface area contributed by atoms with Crippen molar-refractivity contribution in [2.45, 2.75) is 19.3 Å². The predicted octanol–water partition coefficient (Wildman–Crippen LogP) is 10.5. The van der Waals surface area contributed by atoms with Gasteiger partial charge in [0.25, 0.3) is 0 Å². The highest BCUT2D eigenvalue weighted by atomic mass is 16.3. The lowest BCUT2D eigenvalue weighted by Gasteiger charge is -2.29. The third kappa shape index (κ3) is 3.15. The molecule has 0 bridgehead atoms. The van der Waals surface area contributed by atoms with Crippen LogP contribution in [0.25, 0.3) is 43.8 Å². The van der Waals surface area contributed by atoms with Crippen LogP contribution in [0.4, 0.5) is 17.1 Å².